The number of amides is 2. The summed E-state index contributed by atoms with van der Waals surface area (Å²) >= 11 is 0. The van der Waals surface area contributed by atoms with Gasteiger partial charge in [0.15, 0.2) is 0 Å². The van der Waals surface area contributed by atoms with Gasteiger partial charge in [0.2, 0.25) is 0 Å². The van der Waals surface area contributed by atoms with Gasteiger partial charge in [-0.2, -0.15) is 0 Å². The van der Waals surface area contributed by atoms with Crippen molar-refractivity contribution in [2.45, 2.75) is 32.9 Å². The molecule has 0 aliphatic rings. The SMILES string of the molecule is CC(C)CC(NC(=O)N(C)Cc1ccccc1F)C(=O)O. The number of aliphatic carboxylic acids is 1. The molecule has 116 valence electrons. The number of rotatable bonds is 6. The van der Waals surface area contributed by atoms with E-state index in [2.05, 4.69) is 5.32 Å². The van der Waals surface area contributed by atoms with E-state index < -0.39 is 23.9 Å². The summed E-state index contributed by atoms with van der Waals surface area (Å²) in [5.41, 5.74) is 0.380. The van der Waals surface area contributed by atoms with Crippen molar-refractivity contribution in [1.29, 1.82) is 0 Å². The summed E-state index contributed by atoms with van der Waals surface area (Å²) in [7, 11) is 1.50. The number of carboxylic acid groups (broad SMARTS) is 1. The Morgan fingerprint density at radius 2 is 1.95 bits per heavy atom. The predicted molar refractivity (Wildman–Crippen MR) is 77.3 cm³/mol. The highest BCUT2D eigenvalue weighted by molar-refractivity contribution is 5.82. The molecule has 0 spiro atoms. The van der Waals surface area contributed by atoms with E-state index in [0.29, 0.717) is 12.0 Å². The highest BCUT2D eigenvalue weighted by atomic mass is 19.1. The fourth-order valence-electron chi connectivity index (χ4n) is 1.91. The average molecular weight is 296 g/mol. The van der Waals surface area contributed by atoms with Crippen molar-refractivity contribution in [3.8, 4) is 0 Å². The van der Waals surface area contributed by atoms with Crippen LogP contribution >= 0.6 is 0 Å². The largest absolute Gasteiger partial charge is 0.480 e. The summed E-state index contributed by atoms with van der Waals surface area (Å²) in [5, 5.41) is 11.5. The lowest BCUT2D eigenvalue weighted by Gasteiger charge is -2.22. The second kappa shape index (κ2) is 7.61. The molecule has 0 radical (unpaired) electrons. The van der Waals surface area contributed by atoms with E-state index >= 15 is 0 Å². The number of benzene rings is 1. The molecule has 21 heavy (non-hydrogen) atoms. The minimum absolute atomic E-state index is 0.0759. The monoisotopic (exact) mass is 296 g/mol. The minimum Gasteiger partial charge on any atom is -0.480 e. The zero-order valence-electron chi connectivity index (χ0n) is 12.5. The lowest BCUT2D eigenvalue weighted by atomic mass is 10.0. The van der Waals surface area contributed by atoms with E-state index in [4.69, 9.17) is 5.11 Å². The predicted octanol–water partition coefficient (Wildman–Crippen LogP) is 2.47. The maximum Gasteiger partial charge on any atom is 0.326 e. The molecule has 0 saturated heterocycles. The molecule has 0 saturated carbocycles. The molecule has 1 rings (SSSR count). The Labute approximate surface area is 123 Å². The standard InChI is InChI=1S/C15H21FN2O3/c1-10(2)8-13(14(19)20)17-15(21)18(3)9-11-6-4-5-7-12(11)16/h4-7,10,13H,8-9H2,1-3H3,(H,17,21)(H,19,20). The minimum atomic E-state index is -1.07. The van der Waals surface area contributed by atoms with E-state index in [1.54, 1.807) is 18.2 Å². The third-order valence-electron chi connectivity index (χ3n) is 3.01. The van der Waals surface area contributed by atoms with Gasteiger partial charge in [-0.05, 0) is 18.4 Å². The van der Waals surface area contributed by atoms with Crippen LogP contribution < -0.4 is 5.32 Å². The number of hydrogen-bond donors (Lipinski definition) is 2. The van der Waals surface area contributed by atoms with Crippen molar-refractivity contribution >= 4 is 12.0 Å². The first kappa shape index (κ1) is 16.9. The maximum atomic E-state index is 13.5. The summed E-state index contributed by atoms with van der Waals surface area (Å²) in [6.45, 7) is 3.84. The van der Waals surface area contributed by atoms with Crippen molar-refractivity contribution in [3.63, 3.8) is 0 Å². The van der Waals surface area contributed by atoms with Crippen molar-refractivity contribution in [2.24, 2.45) is 5.92 Å². The van der Waals surface area contributed by atoms with Gasteiger partial charge >= 0.3 is 12.0 Å². The number of halogens is 1. The summed E-state index contributed by atoms with van der Waals surface area (Å²) in [4.78, 5) is 24.4. The molecule has 0 aromatic heterocycles. The number of carboxylic acids is 1. The molecule has 0 aliphatic heterocycles. The Kier molecular flexibility index (Phi) is 6.14. The molecule has 1 atom stereocenters. The van der Waals surface area contributed by atoms with Crippen molar-refractivity contribution < 1.29 is 19.1 Å². The van der Waals surface area contributed by atoms with Crippen LogP contribution in [0.15, 0.2) is 24.3 Å². The first-order valence-corrected chi connectivity index (χ1v) is 6.79. The summed E-state index contributed by atoms with van der Waals surface area (Å²) < 4.78 is 13.5. The zero-order chi connectivity index (χ0) is 16.0. The number of nitrogens with zero attached hydrogens (tertiary/aromatic N) is 1. The molecule has 0 fully saturated rings. The second-order valence-corrected chi connectivity index (χ2v) is 5.42. The highest BCUT2D eigenvalue weighted by Gasteiger charge is 2.23. The van der Waals surface area contributed by atoms with Crippen molar-refractivity contribution in [2.75, 3.05) is 7.05 Å². The van der Waals surface area contributed by atoms with Gasteiger partial charge in [0.05, 0.1) is 0 Å². The summed E-state index contributed by atoms with van der Waals surface area (Å²) in [6, 6.07) is 4.68. The van der Waals surface area contributed by atoms with Gasteiger partial charge in [-0.1, -0.05) is 32.0 Å². The Hall–Kier alpha value is -2.11. The normalized spacial score (nSPS) is 12.0. The van der Waals surface area contributed by atoms with Crippen LogP contribution in [0.2, 0.25) is 0 Å². The number of carbonyl (C=O) groups is 2. The number of hydrogen-bond acceptors (Lipinski definition) is 2. The van der Waals surface area contributed by atoms with E-state index in [1.807, 2.05) is 13.8 Å². The zero-order valence-corrected chi connectivity index (χ0v) is 12.5. The van der Waals surface area contributed by atoms with Crippen LogP contribution in [0.5, 0.6) is 0 Å². The molecular formula is C15H21FN2O3. The quantitative estimate of drug-likeness (QED) is 0.847. The first-order valence-electron chi connectivity index (χ1n) is 6.79. The third kappa shape index (κ3) is 5.41. The van der Waals surface area contributed by atoms with Gasteiger partial charge < -0.3 is 15.3 Å². The maximum absolute atomic E-state index is 13.5. The van der Waals surface area contributed by atoms with Gasteiger partial charge in [-0.25, -0.2) is 14.0 Å². The van der Waals surface area contributed by atoms with Crippen LogP contribution in [-0.4, -0.2) is 35.1 Å². The molecule has 0 heterocycles. The Balaban J connectivity index is 2.65. The van der Waals surface area contributed by atoms with E-state index in [0.717, 1.165) is 0 Å². The molecule has 5 nitrogen and oxygen atoms in total. The lowest BCUT2D eigenvalue weighted by molar-refractivity contribution is -0.139. The topological polar surface area (TPSA) is 69.6 Å². The highest BCUT2D eigenvalue weighted by Crippen LogP contribution is 2.10. The number of nitrogens with one attached hydrogen (secondary N) is 1. The molecule has 6 heteroatoms. The van der Waals surface area contributed by atoms with Crippen LogP contribution in [0, 0.1) is 11.7 Å². The molecule has 1 aromatic carbocycles. The Morgan fingerprint density at radius 3 is 2.48 bits per heavy atom. The lowest BCUT2D eigenvalue weighted by Crippen LogP contribution is -2.47. The summed E-state index contributed by atoms with van der Waals surface area (Å²) in [6.07, 6.45) is 0.342. The van der Waals surface area contributed by atoms with E-state index in [1.165, 1.54) is 18.0 Å². The molecule has 1 aromatic rings. The molecule has 2 N–H and O–H groups in total. The number of urea groups is 1. The average Bonchev–Trinajstić information content (AvgIpc) is 2.39. The molecule has 1 unspecified atom stereocenters. The van der Waals surface area contributed by atoms with Gasteiger partial charge in [0.1, 0.15) is 11.9 Å². The van der Waals surface area contributed by atoms with Crippen LogP contribution in [0.25, 0.3) is 0 Å². The molecule has 2 amide bonds. The summed E-state index contributed by atoms with van der Waals surface area (Å²) in [5.74, 6) is -1.33. The van der Waals surface area contributed by atoms with Gasteiger partial charge in [0.25, 0.3) is 0 Å². The Bertz CT molecular complexity index is 505. The first-order chi connectivity index (χ1) is 9.81. The number of carbonyl (C=O) groups excluding carboxylic acids is 1. The fraction of sp³-hybridized carbons (Fsp3) is 0.467. The Morgan fingerprint density at radius 1 is 1.33 bits per heavy atom. The van der Waals surface area contributed by atoms with Crippen LogP contribution in [0.1, 0.15) is 25.8 Å². The fourth-order valence-corrected chi connectivity index (χ4v) is 1.91. The third-order valence-corrected chi connectivity index (χ3v) is 3.01. The smallest absolute Gasteiger partial charge is 0.326 e. The van der Waals surface area contributed by atoms with Crippen LogP contribution in [0.3, 0.4) is 0 Å². The van der Waals surface area contributed by atoms with Crippen LogP contribution in [0.4, 0.5) is 9.18 Å². The van der Waals surface area contributed by atoms with Gasteiger partial charge in [0, 0.05) is 19.2 Å². The van der Waals surface area contributed by atoms with Gasteiger partial charge in [-0.15, -0.1) is 0 Å². The second-order valence-electron chi connectivity index (χ2n) is 5.42. The van der Waals surface area contributed by atoms with Gasteiger partial charge in [-0.3, -0.25) is 0 Å². The van der Waals surface area contributed by atoms with Crippen molar-refractivity contribution in [3.05, 3.63) is 35.6 Å². The molecule has 0 bridgehead atoms. The van der Waals surface area contributed by atoms with E-state index in [-0.39, 0.29) is 12.5 Å². The molecule has 0 aliphatic carbocycles. The molecular weight excluding hydrogens is 275 g/mol. The van der Waals surface area contributed by atoms with Crippen LogP contribution in [-0.2, 0) is 11.3 Å². The van der Waals surface area contributed by atoms with Crippen molar-refractivity contribution in [1.82, 2.24) is 10.2 Å². The van der Waals surface area contributed by atoms with E-state index in [9.17, 15) is 14.0 Å².